The summed E-state index contributed by atoms with van der Waals surface area (Å²) in [6.45, 7) is 7.51. The van der Waals surface area contributed by atoms with Crippen LogP contribution in [0.2, 0.25) is 0 Å². The molecule has 1 unspecified atom stereocenters. The van der Waals surface area contributed by atoms with Crippen LogP contribution < -0.4 is 10.1 Å². The highest BCUT2D eigenvalue weighted by Crippen LogP contribution is 2.26. The zero-order valence-electron chi connectivity index (χ0n) is 18.7. The maximum absolute atomic E-state index is 13.1. The molecule has 0 bridgehead atoms. The fourth-order valence-electron chi connectivity index (χ4n) is 3.81. The van der Waals surface area contributed by atoms with Gasteiger partial charge < -0.3 is 15.0 Å². The van der Waals surface area contributed by atoms with Crippen molar-refractivity contribution < 1.29 is 9.53 Å². The van der Waals surface area contributed by atoms with Crippen molar-refractivity contribution in [1.29, 1.82) is 0 Å². The smallest absolute Gasteiger partial charge is 0.271 e. The fraction of sp³-hybridized carbons (Fsp3) is 0.360. The summed E-state index contributed by atoms with van der Waals surface area (Å²) in [5, 5.41) is 5.89. The number of aromatic nitrogens is 1. The van der Waals surface area contributed by atoms with Gasteiger partial charge in [0, 0.05) is 43.7 Å². The molecule has 2 aromatic carbocycles. The minimum Gasteiger partial charge on any atom is -0.494 e. The largest absolute Gasteiger partial charge is 0.494 e. The SMILES string of the molecule is CCOc1ccc(-c2nc(C(=O)NC(CN3CCN(C)CC3)c3ccccc3)cs2)cc1. The number of hydrogen-bond donors (Lipinski definition) is 1. The van der Waals surface area contributed by atoms with Crippen LogP contribution in [0.15, 0.2) is 60.0 Å². The molecule has 6 nitrogen and oxygen atoms in total. The first-order chi connectivity index (χ1) is 15.6. The number of amides is 1. The third-order valence-electron chi connectivity index (χ3n) is 5.69. The topological polar surface area (TPSA) is 57.7 Å². The first-order valence-electron chi connectivity index (χ1n) is 11.1. The summed E-state index contributed by atoms with van der Waals surface area (Å²) in [6, 6.07) is 17.9. The molecule has 32 heavy (non-hydrogen) atoms. The van der Waals surface area contributed by atoms with Gasteiger partial charge in [-0.1, -0.05) is 30.3 Å². The van der Waals surface area contributed by atoms with Crippen molar-refractivity contribution in [1.82, 2.24) is 20.1 Å². The van der Waals surface area contributed by atoms with E-state index in [-0.39, 0.29) is 11.9 Å². The Kier molecular flexibility index (Phi) is 7.52. The number of hydrogen-bond acceptors (Lipinski definition) is 6. The standard InChI is InChI=1S/C25H30N4O2S/c1-3-31-21-11-9-20(10-12-21)25-27-23(18-32-25)24(30)26-22(19-7-5-4-6-8-19)17-29-15-13-28(2)14-16-29/h4-12,18,22H,3,13-17H2,1-2H3,(H,26,30). The highest BCUT2D eigenvalue weighted by Gasteiger charge is 2.22. The first-order valence-corrected chi connectivity index (χ1v) is 12.0. The predicted octanol–water partition coefficient (Wildman–Crippen LogP) is 3.93. The maximum atomic E-state index is 13.1. The van der Waals surface area contributed by atoms with Crippen molar-refractivity contribution in [2.45, 2.75) is 13.0 Å². The molecule has 4 rings (SSSR count). The second kappa shape index (κ2) is 10.7. The van der Waals surface area contributed by atoms with E-state index in [0.717, 1.165) is 54.6 Å². The Bertz CT molecular complexity index is 998. The van der Waals surface area contributed by atoms with Crippen molar-refractivity contribution in [3.05, 3.63) is 71.2 Å². The van der Waals surface area contributed by atoms with Gasteiger partial charge in [0.25, 0.3) is 5.91 Å². The van der Waals surface area contributed by atoms with E-state index in [2.05, 4.69) is 39.3 Å². The number of piperazine rings is 1. The van der Waals surface area contributed by atoms with Crippen molar-refractivity contribution in [3.8, 4) is 16.3 Å². The second-order valence-electron chi connectivity index (χ2n) is 8.04. The average molecular weight is 451 g/mol. The Hall–Kier alpha value is -2.74. The molecule has 0 saturated carbocycles. The average Bonchev–Trinajstić information content (AvgIpc) is 3.32. The van der Waals surface area contributed by atoms with Crippen LogP contribution in [0.1, 0.15) is 29.0 Å². The second-order valence-corrected chi connectivity index (χ2v) is 8.89. The number of nitrogens with one attached hydrogen (secondary N) is 1. The summed E-state index contributed by atoms with van der Waals surface area (Å²) in [5.74, 6) is 0.696. The molecule has 1 amide bonds. The highest BCUT2D eigenvalue weighted by atomic mass is 32.1. The van der Waals surface area contributed by atoms with E-state index in [9.17, 15) is 4.79 Å². The van der Waals surface area contributed by atoms with Gasteiger partial charge in [-0.3, -0.25) is 9.69 Å². The van der Waals surface area contributed by atoms with Crippen LogP contribution in [-0.4, -0.2) is 67.1 Å². The van der Waals surface area contributed by atoms with Gasteiger partial charge in [-0.2, -0.15) is 0 Å². The molecule has 168 valence electrons. The Morgan fingerprint density at radius 1 is 1.09 bits per heavy atom. The third kappa shape index (κ3) is 5.73. The van der Waals surface area contributed by atoms with Crippen LogP contribution >= 0.6 is 11.3 Å². The van der Waals surface area contributed by atoms with Gasteiger partial charge in [0.2, 0.25) is 0 Å². The van der Waals surface area contributed by atoms with Gasteiger partial charge in [-0.05, 0) is 43.8 Å². The monoisotopic (exact) mass is 450 g/mol. The van der Waals surface area contributed by atoms with Crippen LogP contribution in [0.3, 0.4) is 0 Å². The lowest BCUT2D eigenvalue weighted by Gasteiger charge is -2.35. The number of thiazole rings is 1. The van der Waals surface area contributed by atoms with Crippen LogP contribution in [0.5, 0.6) is 5.75 Å². The molecule has 1 N–H and O–H groups in total. The van der Waals surface area contributed by atoms with Crippen LogP contribution in [0, 0.1) is 0 Å². The van der Waals surface area contributed by atoms with E-state index < -0.39 is 0 Å². The van der Waals surface area contributed by atoms with E-state index in [4.69, 9.17) is 4.74 Å². The zero-order valence-corrected chi connectivity index (χ0v) is 19.5. The van der Waals surface area contributed by atoms with E-state index >= 15 is 0 Å². The minimum atomic E-state index is -0.138. The molecule has 2 heterocycles. The lowest BCUT2D eigenvalue weighted by molar-refractivity contribution is 0.0903. The molecule has 1 atom stereocenters. The summed E-state index contributed by atoms with van der Waals surface area (Å²) in [7, 11) is 2.15. The van der Waals surface area contributed by atoms with Crippen molar-refractivity contribution in [2.75, 3.05) is 46.4 Å². The van der Waals surface area contributed by atoms with Crippen molar-refractivity contribution in [2.24, 2.45) is 0 Å². The predicted molar refractivity (Wildman–Crippen MR) is 129 cm³/mol. The molecule has 1 fully saturated rings. The molecular weight excluding hydrogens is 420 g/mol. The van der Waals surface area contributed by atoms with Crippen LogP contribution in [0.4, 0.5) is 0 Å². The van der Waals surface area contributed by atoms with Crippen molar-refractivity contribution >= 4 is 17.2 Å². The molecule has 0 spiro atoms. The van der Waals surface area contributed by atoms with Gasteiger partial charge in [0.1, 0.15) is 16.5 Å². The molecule has 1 aliphatic heterocycles. The zero-order chi connectivity index (χ0) is 22.3. The first kappa shape index (κ1) is 22.5. The number of carbonyl (C=O) groups is 1. The van der Waals surface area contributed by atoms with Crippen molar-refractivity contribution in [3.63, 3.8) is 0 Å². The number of ether oxygens (including phenoxy) is 1. The Labute approximate surface area is 193 Å². The molecule has 1 aliphatic rings. The molecule has 1 saturated heterocycles. The number of carbonyl (C=O) groups excluding carboxylic acids is 1. The number of nitrogens with zero attached hydrogens (tertiary/aromatic N) is 3. The summed E-state index contributed by atoms with van der Waals surface area (Å²) in [4.78, 5) is 22.5. The van der Waals surface area contributed by atoms with E-state index in [1.54, 1.807) is 0 Å². The molecule has 0 radical (unpaired) electrons. The normalized spacial score (nSPS) is 15.9. The summed E-state index contributed by atoms with van der Waals surface area (Å²) in [6.07, 6.45) is 0. The maximum Gasteiger partial charge on any atom is 0.271 e. The fourth-order valence-corrected chi connectivity index (χ4v) is 4.62. The molecule has 7 heteroatoms. The Morgan fingerprint density at radius 2 is 1.81 bits per heavy atom. The Balaban J connectivity index is 1.46. The van der Waals surface area contributed by atoms with E-state index in [1.165, 1.54) is 11.3 Å². The lowest BCUT2D eigenvalue weighted by atomic mass is 10.1. The summed E-state index contributed by atoms with van der Waals surface area (Å²) < 4.78 is 5.51. The minimum absolute atomic E-state index is 0.0808. The highest BCUT2D eigenvalue weighted by molar-refractivity contribution is 7.13. The lowest BCUT2D eigenvalue weighted by Crippen LogP contribution is -2.47. The van der Waals surface area contributed by atoms with Gasteiger partial charge in [0.05, 0.1) is 12.6 Å². The Morgan fingerprint density at radius 3 is 2.50 bits per heavy atom. The van der Waals surface area contributed by atoms with Gasteiger partial charge >= 0.3 is 0 Å². The van der Waals surface area contributed by atoms with Gasteiger partial charge in [-0.25, -0.2) is 4.98 Å². The van der Waals surface area contributed by atoms with Gasteiger partial charge in [-0.15, -0.1) is 11.3 Å². The third-order valence-corrected chi connectivity index (χ3v) is 6.58. The number of likely N-dealkylation sites (N-methyl/N-ethyl adjacent to an activating group) is 1. The van der Waals surface area contributed by atoms with Crippen LogP contribution in [-0.2, 0) is 0 Å². The number of rotatable bonds is 8. The summed E-state index contributed by atoms with van der Waals surface area (Å²) >= 11 is 1.48. The summed E-state index contributed by atoms with van der Waals surface area (Å²) in [5.41, 5.74) is 2.55. The van der Waals surface area contributed by atoms with Crippen LogP contribution in [0.25, 0.3) is 10.6 Å². The molecular formula is C25H30N4O2S. The molecule has 0 aliphatic carbocycles. The van der Waals surface area contributed by atoms with Gasteiger partial charge in [0.15, 0.2) is 0 Å². The number of benzene rings is 2. The van der Waals surface area contributed by atoms with E-state index in [1.807, 2.05) is 54.8 Å². The molecule has 3 aromatic rings. The van der Waals surface area contributed by atoms with E-state index in [0.29, 0.717) is 12.3 Å². The quantitative estimate of drug-likeness (QED) is 0.564. The molecule has 1 aromatic heterocycles.